The highest BCUT2D eigenvalue weighted by Gasteiger charge is 2.36. The number of fused-ring (bicyclic) bond motifs is 2. The Kier molecular flexibility index (Phi) is 5.46. The zero-order chi connectivity index (χ0) is 21.4. The van der Waals surface area contributed by atoms with Crippen molar-refractivity contribution in [1.82, 2.24) is 4.98 Å². The molecule has 1 unspecified atom stereocenters. The number of para-hydroxylation sites is 1. The standard InChI is InChI=1S/C21H17F3N2O3S/c1-2-29-17(27)9-12-8-11-4-3-5-14(23)20(11)26(21(12)28)10-16-25-19-15(30-16)7-6-13(22)18(19)24/h3-7,12H,2,8-10H2,1H3. The molecule has 0 spiro atoms. The van der Waals surface area contributed by atoms with Crippen LogP contribution in [0.5, 0.6) is 0 Å². The van der Waals surface area contributed by atoms with E-state index in [4.69, 9.17) is 4.74 Å². The van der Waals surface area contributed by atoms with Gasteiger partial charge in [-0.2, -0.15) is 0 Å². The van der Waals surface area contributed by atoms with Gasteiger partial charge >= 0.3 is 5.97 Å². The molecular formula is C21H17F3N2O3S. The van der Waals surface area contributed by atoms with Crippen LogP contribution in [-0.2, 0) is 27.3 Å². The van der Waals surface area contributed by atoms with Gasteiger partial charge in [-0.15, -0.1) is 11.3 Å². The number of hydrogen-bond donors (Lipinski definition) is 0. The van der Waals surface area contributed by atoms with Crippen molar-refractivity contribution < 1.29 is 27.5 Å². The Morgan fingerprint density at radius 2 is 2.03 bits per heavy atom. The summed E-state index contributed by atoms with van der Waals surface area (Å²) in [5.41, 5.74) is 0.576. The zero-order valence-electron chi connectivity index (χ0n) is 16.0. The van der Waals surface area contributed by atoms with E-state index in [1.807, 2.05) is 0 Å². The van der Waals surface area contributed by atoms with Gasteiger partial charge in [0.1, 0.15) is 16.3 Å². The van der Waals surface area contributed by atoms with E-state index < -0.39 is 35.2 Å². The minimum absolute atomic E-state index is 0.119. The maximum Gasteiger partial charge on any atom is 0.306 e. The van der Waals surface area contributed by atoms with E-state index >= 15 is 0 Å². The van der Waals surface area contributed by atoms with Crippen LogP contribution in [0.3, 0.4) is 0 Å². The number of aromatic nitrogens is 1. The summed E-state index contributed by atoms with van der Waals surface area (Å²) in [7, 11) is 0. The zero-order valence-corrected chi connectivity index (χ0v) is 16.8. The van der Waals surface area contributed by atoms with Crippen LogP contribution in [-0.4, -0.2) is 23.5 Å². The molecule has 0 fully saturated rings. The van der Waals surface area contributed by atoms with Crippen LogP contribution < -0.4 is 4.90 Å². The van der Waals surface area contributed by atoms with Crippen molar-refractivity contribution in [2.75, 3.05) is 11.5 Å². The van der Waals surface area contributed by atoms with Crippen LogP contribution in [0.25, 0.3) is 10.2 Å². The fourth-order valence-corrected chi connectivity index (χ4v) is 4.59. The average Bonchev–Trinajstić information content (AvgIpc) is 3.12. The van der Waals surface area contributed by atoms with Gasteiger partial charge in [-0.1, -0.05) is 12.1 Å². The second-order valence-corrected chi connectivity index (χ2v) is 8.01. The lowest BCUT2D eigenvalue weighted by Gasteiger charge is -2.33. The van der Waals surface area contributed by atoms with Gasteiger partial charge in [-0.25, -0.2) is 18.2 Å². The molecule has 5 nitrogen and oxygen atoms in total. The number of esters is 1. The van der Waals surface area contributed by atoms with Crippen molar-refractivity contribution in [3.63, 3.8) is 0 Å². The number of hydrogen-bond acceptors (Lipinski definition) is 5. The second-order valence-electron chi connectivity index (χ2n) is 6.90. The Labute approximate surface area is 174 Å². The van der Waals surface area contributed by atoms with E-state index in [0.717, 1.165) is 17.4 Å². The maximum atomic E-state index is 14.6. The van der Waals surface area contributed by atoms with Crippen LogP contribution in [0, 0.1) is 23.4 Å². The molecule has 0 radical (unpaired) electrons. The third-order valence-electron chi connectivity index (χ3n) is 4.93. The molecule has 156 valence electrons. The molecule has 1 amide bonds. The highest BCUT2D eigenvalue weighted by atomic mass is 32.1. The molecule has 1 aromatic heterocycles. The van der Waals surface area contributed by atoms with E-state index in [2.05, 4.69) is 4.98 Å². The Morgan fingerprint density at radius 3 is 2.80 bits per heavy atom. The van der Waals surface area contributed by atoms with Crippen molar-refractivity contribution in [1.29, 1.82) is 0 Å². The molecule has 0 aliphatic carbocycles. The number of anilines is 1. The molecule has 0 saturated carbocycles. The van der Waals surface area contributed by atoms with E-state index in [9.17, 15) is 22.8 Å². The Morgan fingerprint density at radius 1 is 1.23 bits per heavy atom. The lowest BCUT2D eigenvalue weighted by atomic mass is 9.89. The lowest BCUT2D eigenvalue weighted by Crippen LogP contribution is -2.42. The molecule has 1 atom stereocenters. The van der Waals surface area contributed by atoms with Crippen molar-refractivity contribution >= 4 is 39.1 Å². The number of benzene rings is 2. The number of nitrogens with zero attached hydrogens (tertiary/aromatic N) is 2. The normalized spacial score (nSPS) is 16.1. The summed E-state index contributed by atoms with van der Waals surface area (Å²) >= 11 is 1.09. The van der Waals surface area contributed by atoms with Crippen LogP contribution in [0.4, 0.5) is 18.9 Å². The molecule has 4 rings (SSSR count). The second kappa shape index (κ2) is 8.06. The summed E-state index contributed by atoms with van der Waals surface area (Å²) < 4.78 is 47.5. The van der Waals surface area contributed by atoms with Gasteiger partial charge in [0.15, 0.2) is 11.6 Å². The third-order valence-corrected chi connectivity index (χ3v) is 5.94. The van der Waals surface area contributed by atoms with Gasteiger partial charge in [0, 0.05) is 0 Å². The van der Waals surface area contributed by atoms with Crippen molar-refractivity contribution in [2.24, 2.45) is 5.92 Å². The quantitative estimate of drug-likeness (QED) is 0.560. The monoisotopic (exact) mass is 434 g/mol. The predicted octanol–water partition coefficient (Wildman–Crippen LogP) is 4.37. The van der Waals surface area contributed by atoms with Crippen LogP contribution in [0.1, 0.15) is 23.9 Å². The van der Waals surface area contributed by atoms with E-state index in [-0.39, 0.29) is 37.2 Å². The van der Waals surface area contributed by atoms with Gasteiger partial charge in [-0.3, -0.25) is 9.59 Å². The van der Waals surface area contributed by atoms with Crippen LogP contribution in [0.15, 0.2) is 30.3 Å². The fraction of sp³-hybridized carbons (Fsp3) is 0.286. The van der Waals surface area contributed by atoms with Gasteiger partial charge in [-0.05, 0) is 37.1 Å². The molecule has 1 aliphatic rings. The minimum atomic E-state index is -1.06. The minimum Gasteiger partial charge on any atom is -0.466 e. The number of carbonyl (C=O) groups excluding carboxylic acids is 2. The number of thiazole rings is 1. The number of carbonyl (C=O) groups is 2. The van der Waals surface area contributed by atoms with Gasteiger partial charge in [0.05, 0.1) is 35.9 Å². The molecule has 0 saturated heterocycles. The molecule has 1 aliphatic heterocycles. The summed E-state index contributed by atoms with van der Waals surface area (Å²) in [5, 5.41) is 0.328. The first kappa shape index (κ1) is 20.3. The largest absolute Gasteiger partial charge is 0.466 e. The van der Waals surface area contributed by atoms with Gasteiger partial charge < -0.3 is 9.64 Å². The Bertz CT molecular complexity index is 1150. The molecule has 30 heavy (non-hydrogen) atoms. The maximum absolute atomic E-state index is 14.6. The van der Waals surface area contributed by atoms with Crippen molar-refractivity contribution in [3.8, 4) is 0 Å². The Hall–Kier alpha value is -2.94. The van der Waals surface area contributed by atoms with Gasteiger partial charge in [0.2, 0.25) is 5.91 Å². The first-order valence-electron chi connectivity index (χ1n) is 9.36. The van der Waals surface area contributed by atoms with Crippen LogP contribution in [0.2, 0.25) is 0 Å². The van der Waals surface area contributed by atoms with E-state index in [1.165, 1.54) is 17.0 Å². The molecular weight excluding hydrogens is 417 g/mol. The molecule has 9 heteroatoms. The lowest BCUT2D eigenvalue weighted by molar-refractivity contribution is -0.146. The molecule has 2 aromatic carbocycles. The first-order valence-corrected chi connectivity index (χ1v) is 10.2. The number of halogens is 3. The highest BCUT2D eigenvalue weighted by molar-refractivity contribution is 7.18. The van der Waals surface area contributed by atoms with E-state index in [1.54, 1.807) is 19.1 Å². The SMILES string of the molecule is CCOC(=O)CC1Cc2cccc(F)c2N(Cc2nc3c(F)c(F)ccc3s2)C1=O. The van der Waals surface area contributed by atoms with Crippen molar-refractivity contribution in [2.45, 2.75) is 26.3 Å². The topological polar surface area (TPSA) is 59.5 Å². The number of amides is 1. The van der Waals surface area contributed by atoms with E-state index in [0.29, 0.717) is 15.3 Å². The smallest absolute Gasteiger partial charge is 0.306 e. The van der Waals surface area contributed by atoms with Crippen LogP contribution >= 0.6 is 11.3 Å². The molecule has 0 N–H and O–H groups in total. The average molecular weight is 434 g/mol. The van der Waals surface area contributed by atoms with Gasteiger partial charge in [0.25, 0.3) is 0 Å². The van der Waals surface area contributed by atoms with Crippen molar-refractivity contribution in [3.05, 3.63) is 58.4 Å². The summed E-state index contributed by atoms with van der Waals surface area (Å²) in [4.78, 5) is 30.4. The predicted molar refractivity (Wildman–Crippen MR) is 106 cm³/mol. The summed E-state index contributed by atoms with van der Waals surface area (Å²) in [5.74, 6) is -4.30. The Balaban J connectivity index is 1.71. The number of ether oxygens (including phenoxy) is 1. The summed E-state index contributed by atoms with van der Waals surface area (Å²) in [6.45, 7) is 1.75. The first-order chi connectivity index (χ1) is 14.4. The summed E-state index contributed by atoms with van der Waals surface area (Å²) in [6.07, 6.45) is 0.0831. The molecule has 2 heterocycles. The molecule has 0 bridgehead atoms. The fourth-order valence-electron chi connectivity index (χ4n) is 3.63. The third kappa shape index (κ3) is 3.65. The highest BCUT2D eigenvalue weighted by Crippen LogP contribution is 2.36. The summed E-state index contributed by atoms with van der Waals surface area (Å²) in [6, 6.07) is 6.90. The number of rotatable bonds is 5. The molecule has 3 aromatic rings.